The summed E-state index contributed by atoms with van der Waals surface area (Å²) >= 11 is 0. The molecule has 27 heavy (non-hydrogen) atoms. The molecule has 1 saturated carbocycles. The second-order valence-corrected chi connectivity index (χ2v) is 6.30. The molecular weight excluding hydrogens is 367 g/mol. The predicted molar refractivity (Wildman–Crippen MR) is 87.0 cm³/mol. The third-order valence-corrected chi connectivity index (χ3v) is 4.13. The average molecular weight is 385 g/mol. The molecule has 1 fully saturated rings. The molecule has 1 N–H and O–H groups in total. The minimum atomic E-state index is -4.53. The van der Waals surface area contributed by atoms with Crippen LogP contribution in [0, 0.1) is 0 Å². The van der Waals surface area contributed by atoms with Gasteiger partial charge in [-0.3, -0.25) is 14.2 Å². The Morgan fingerprint density at radius 3 is 2.63 bits per heavy atom. The summed E-state index contributed by atoms with van der Waals surface area (Å²) < 4.78 is 45.9. The number of amides is 1. The number of aryl methyl sites for hydroxylation is 2. The zero-order valence-corrected chi connectivity index (χ0v) is 14.7. The number of alkyl halides is 3. The van der Waals surface area contributed by atoms with Crippen molar-refractivity contribution in [3.05, 3.63) is 29.3 Å². The lowest BCUT2D eigenvalue weighted by molar-refractivity contribution is -0.141. The fraction of sp³-hybridized carbons (Fsp3) is 0.500. The normalized spacial score (nSPS) is 14.3. The number of rotatable bonds is 6. The van der Waals surface area contributed by atoms with Gasteiger partial charge in [-0.1, -0.05) is 0 Å². The van der Waals surface area contributed by atoms with Gasteiger partial charge in [-0.15, -0.1) is 0 Å². The van der Waals surface area contributed by atoms with Crippen molar-refractivity contribution in [2.24, 2.45) is 7.05 Å². The molecule has 1 aliphatic carbocycles. The lowest BCUT2D eigenvalue weighted by atomic mass is 10.2. The van der Waals surface area contributed by atoms with E-state index in [4.69, 9.17) is 0 Å². The monoisotopic (exact) mass is 385 g/mol. The van der Waals surface area contributed by atoms with E-state index in [1.54, 1.807) is 7.05 Å². The number of carbonyl (C=O) groups excluding carboxylic acids is 2. The number of hydrogen-bond acceptors (Lipinski definition) is 5. The van der Waals surface area contributed by atoms with Crippen molar-refractivity contribution in [3.8, 4) is 0 Å². The van der Waals surface area contributed by atoms with E-state index >= 15 is 0 Å². The van der Waals surface area contributed by atoms with E-state index in [0.29, 0.717) is 5.69 Å². The molecule has 2 aromatic heterocycles. The predicted octanol–water partition coefficient (Wildman–Crippen LogP) is 2.33. The van der Waals surface area contributed by atoms with E-state index in [1.165, 1.54) is 22.7 Å². The number of halogens is 3. The van der Waals surface area contributed by atoms with Crippen LogP contribution < -0.4 is 5.32 Å². The van der Waals surface area contributed by atoms with Gasteiger partial charge in [0.2, 0.25) is 5.91 Å². The Balaban J connectivity index is 1.68. The first kappa shape index (κ1) is 18.9. The highest BCUT2D eigenvalue weighted by Crippen LogP contribution is 2.42. The van der Waals surface area contributed by atoms with E-state index in [9.17, 15) is 22.8 Å². The van der Waals surface area contributed by atoms with E-state index < -0.39 is 23.7 Å². The average Bonchev–Trinajstić information content (AvgIpc) is 3.23. The number of esters is 1. The summed E-state index contributed by atoms with van der Waals surface area (Å²) in [6.07, 6.45) is -1.56. The molecule has 1 amide bonds. The Bertz CT molecular complexity index is 867. The highest BCUT2D eigenvalue weighted by atomic mass is 19.4. The first-order valence-corrected chi connectivity index (χ1v) is 8.25. The third-order valence-electron chi connectivity index (χ3n) is 4.13. The van der Waals surface area contributed by atoms with Crippen LogP contribution in [0.25, 0.3) is 0 Å². The quantitative estimate of drug-likeness (QED) is 0.771. The maximum Gasteiger partial charge on any atom is 0.435 e. The number of aromatic nitrogens is 4. The summed E-state index contributed by atoms with van der Waals surface area (Å²) in [7, 11) is 2.77. The van der Waals surface area contributed by atoms with Crippen LogP contribution in [0.15, 0.2) is 12.3 Å². The van der Waals surface area contributed by atoms with Gasteiger partial charge >= 0.3 is 12.1 Å². The smallest absolute Gasteiger partial charge is 0.435 e. The molecule has 0 spiro atoms. The molecule has 0 saturated heterocycles. The molecule has 0 atom stereocenters. The van der Waals surface area contributed by atoms with Gasteiger partial charge in [0.25, 0.3) is 0 Å². The van der Waals surface area contributed by atoms with Gasteiger partial charge in [0.1, 0.15) is 0 Å². The number of anilines is 1. The van der Waals surface area contributed by atoms with Crippen LogP contribution in [0.5, 0.6) is 0 Å². The lowest BCUT2D eigenvalue weighted by Crippen LogP contribution is -2.18. The summed E-state index contributed by atoms with van der Waals surface area (Å²) in [5.74, 6) is -1.12. The topological polar surface area (TPSA) is 91.0 Å². The number of ether oxygens (including phenoxy) is 1. The highest BCUT2D eigenvalue weighted by Gasteiger charge is 2.37. The third kappa shape index (κ3) is 4.29. The van der Waals surface area contributed by atoms with Gasteiger partial charge in [0.15, 0.2) is 11.4 Å². The Morgan fingerprint density at radius 2 is 2.04 bits per heavy atom. The molecule has 11 heteroatoms. The second-order valence-electron chi connectivity index (χ2n) is 6.30. The summed E-state index contributed by atoms with van der Waals surface area (Å²) in [5, 5.41) is 10.1. The van der Waals surface area contributed by atoms with Crippen molar-refractivity contribution < 1.29 is 27.5 Å². The van der Waals surface area contributed by atoms with Gasteiger partial charge in [0, 0.05) is 37.8 Å². The van der Waals surface area contributed by atoms with Crippen LogP contribution in [-0.2, 0) is 29.3 Å². The van der Waals surface area contributed by atoms with E-state index in [-0.39, 0.29) is 30.3 Å². The molecule has 0 unspecified atom stereocenters. The fourth-order valence-electron chi connectivity index (χ4n) is 2.70. The minimum absolute atomic E-state index is 0.00155. The Morgan fingerprint density at radius 1 is 1.33 bits per heavy atom. The minimum Gasteiger partial charge on any atom is -0.464 e. The summed E-state index contributed by atoms with van der Waals surface area (Å²) in [6.45, 7) is 0.00155. The van der Waals surface area contributed by atoms with Gasteiger partial charge in [-0.05, 0) is 18.9 Å². The number of carbonyl (C=O) groups is 2. The van der Waals surface area contributed by atoms with Crippen LogP contribution in [0.2, 0.25) is 0 Å². The van der Waals surface area contributed by atoms with Gasteiger partial charge in [-0.25, -0.2) is 4.79 Å². The summed E-state index contributed by atoms with van der Waals surface area (Å²) in [4.78, 5) is 23.9. The van der Waals surface area contributed by atoms with Crippen LogP contribution in [0.4, 0.5) is 18.9 Å². The molecule has 146 valence electrons. The van der Waals surface area contributed by atoms with Crippen LogP contribution in [0.1, 0.15) is 47.1 Å². The second kappa shape index (κ2) is 7.05. The maximum absolute atomic E-state index is 12.9. The highest BCUT2D eigenvalue weighted by molar-refractivity contribution is 5.99. The molecule has 0 radical (unpaired) electrons. The van der Waals surface area contributed by atoms with Gasteiger partial charge < -0.3 is 10.1 Å². The van der Waals surface area contributed by atoms with Crippen LogP contribution in [-0.4, -0.2) is 38.5 Å². The van der Waals surface area contributed by atoms with Crippen molar-refractivity contribution in [1.29, 1.82) is 0 Å². The molecular formula is C16H18F3N5O3. The van der Waals surface area contributed by atoms with E-state index in [0.717, 1.165) is 18.9 Å². The number of nitrogens with zero attached hydrogens (tertiary/aromatic N) is 4. The zero-order chi connectivity index (χ0) is 19.8. The number of methoxy groups -OCH3 is 1. The standard InChI is InChI=1S/C16H18F3N5O3/c1-23-8-10(14(22-23)15(26)27-2)20-13(25)5-6-24-11(9-3-4-9)7-12(21-24)16(17,18)19/h7-9H,3-6H2,1-2H3,(H,20,25). The SMILES string of the molecule is COC(=O)c1nn(C)cc1NC(=O)CCn1nc(C(F)(F)F)cc1C1CC1. The van der Waals surface area contributed by atoms with Crippen LogP contribution >= 0.6 is 0 Å². The first-order valence-electron chi connectivity index (χ1n) is 8.25. The van der Waals surface area contributed by atoms with Crippen molar-refractivity contribution in [3.63, 3.8) is 0 Å². The largest absolute Gasteiger partial charge is 0.464 e. The van der Waals surface area contributed by atoms with E-state index in [1.807, 2.05) is 0 Å². The zero-order valence-electron chi connectivity index (χ0n) is 14.7. The van der Waals surface area contributed by atoms with Crippen molar-refractivity contribution in [2.45, 2.75) is 37.9 Å². The molecule has 1 aliphatic rings. The molecule has 0 bridgehead atoms. The number of nitrogens with one attached hydrogen (secondary N) is 1. The first-order chi connectivity index (χ1) is 12.7. The molecule has 3 rings (SSSR count). The lowest BCUT2D eigenvalue weighted by Gasteiger charge is -2.07. The Kier molecular flexibility index (Phi) is 4.94. The maximum atomic E-state index is 12.9. The van der Waals surface area contributed by atoms with Crippen molar-refractivity contribution in [1.82, 2.24) is 19.6 Å². The van der Waals surface area contributed by atoms with Gasteiger partial charge in [-0.2, -0.15) is 23.4 Å². The van der Waals surface area contributed by atoms with E-state index in [2.05, 4.69) is 20.3 Å². The molecule has 8 nitrogen and oxygen atoms in total. The molecule has 0 aliphatic heterocycles. The summed E-state index contributed by atoms with van der Waals surface area (Å²) in [5.41, 5.74) is -0.338. The van der Waals surface area contributed by atoms with Crippen LogP contribution in [0.3, 0.4) is 0 Å². The van der Waals surface area contributed by atoms with Crippen molar-refractivity contribution >= 4 is 17.6 Å². The number of hydrogen-bond donors (Lipinski definition) is 1. The summed E-state index contributed by atoms with van der Waals surface area (Å²) in [6, 6.07) is 1.05. The Hall–Kier alpha value is -2.85. The van der Waals surface area contributed by atoms with Crippen molar-refractivity contribution in [2.75, 3.05) is 12.4 Å². The molecule has 2 aromatic rings. The molecule has 0 aromatic carbocycles. The Labute approximate surface area is 152 Å². The van der Waals surface area contributed by atoms with Gasteiger partial charge in [0.05, 0.1) is 12.8 Å². The fourth-order valence-corrected chi connectivity index (χ4v) is 2.70. The molecule has 2 heterocycles.